The fraction of sp³-hybridized carbons (Fsp3) is 0.200. The molecule has 0 unspecified atom stereocenters. The smallest absolute Gasteiger partial charge is 0.293 e. The summed E-state index contributed by atoms with van der Waals surface area (Å²) in [5, 5.41) is 19.5. The molecule has 0 radical (unpaired) electrons. The minimum absolute atomic E-state index is 0.193. The van der Waals surface area contributed by atoms with Crippen LogP contribution in [0.25, 0.3) is 33.4 Å². The standard InChI is InChI=1S/C25H23N7O2/c1-2-3-15-32-25(33)22-21(9-6-14-26-22)24(29-32)34-16-17-10-12-18(13-11-17)19-7-4-5-8-20(19)23-27-30-31-28-23/h4-14H,2-3,15-16H2,1H3,(H,27,28,30,31). The molecule has 0 spiro atoms. The molecular formula is C25H23N7O2. The number of rotatable bonds is 8. The molecule has 0 aliphatic carbocycles. The van der Waals surface area contributed by atoms with Gasteiger partial charge in [-0.15, -0.1) is 15.3 Å². The Labute approximate surface area is 195 Å². The van der Waals surface area contributed by atoms with Gasteiger partial charge in [0.15, 0.2) is 0 Å². The van der Waals surface area contributed by atoms with Crippen molar-refractivity contribution in [2.75, 3.05) is 0 Å². The van der Waals surface area contributed by atoms with Crippen molar-refractivity contribution in [1.82, 2.24) is 35.4 Å². The molecule has 9 nitrogen and oxygen atoms in total. The molecule has 170 valence electrons. The topological polar surface area (TPSA) is 111 Å². The molecule has 0 fully saturated rings. The van der Waals surface area contributed by atoms with E-state index < -0.39 is 0 Å². The van der Waals surface area contributed by atoms with Gasteiger partial charge in [0, 0.05) is 18.3 Å². The molecule has 2 aromatic carbocycles. The summed E-state index contributed by atoms with van der Waals surface area (Å²) in [7, 11) is 0. The predicted octanol–water partition coefficient (Wildman–Crippen LogP) is 4.02. The molecular weight excluding hydrogens is 430 g/mol. The monoisotopic (exact) mass is 453 g/mol. The third kappa shape index (κ3) is 4.27. The number of tetrazole rings is 1. The highest BCUT2D eigenvalue weighted by Crippen LogP contribution is 2.30. The zero-order valence-electron chi connectivity index (χ0n) is 18.7. The number of hydrogen-bond donors (Lipinski definition) is 1. The average molecular weight is 454 g/mol. The maximum atomic E-state index is 12.7. The van der Waals surface area contributed by atoms with Crippen molar-refractivity contribution in [3.63, 3.8) is 0 Å². The van der Waals surface area contributed by atoms with Crippen LogP contribution in [0.4, 0.5) is 0 Å². The van der Waals surface area contributed by atoms with Crippen molar-refractivity contribution in [3.8, 4) is 28.4 Å². The Morgan fingerprint density at radius 3 is 2.59 bits per heavy atom. The number of H-pyrrole nitrogens is 1. The molecule has 0 atom stereocenters. The third-order valence-corrected chi connectivity index (χ3v) is 5.56. The summed E-state index contributed by atoms with van der Waals surface area (Å²) >= 11 is 0. The first-order chi connectivity index (χ1) is 16.7. The Morgan fingerprint density at radius 1 is 1.00 bits per heavy atom. The van der Waals surface area contributed by atoms with E-state index in [0.717, 1.165) is 35.1 Å². The van der Waals surface area contributed by atoms with Gasteiger partial charge >= 0.3 is 0 Å². The Balaban J connectivity index is 1.39. The van der Waals surface area contributed by atoms with Crippen LogP contribution in [0.1, 0.15) is 25.3 Å². The normalized spacial score (nSPS) is 11.1. The maximum absolute atomic E-state index is 12.7. The van der Waals surface area contributed by atoms with Crippen LogP contribution >= 0.6 is 0 Å². The number of benzene rings is 2. The molecule has 0 bridgehead atoms. The Hall–Kier alpha value is -4.40. The maximum Gasteiger partial charge on any atom is 0.293 e. The molecule has 0 amide bonds. The van der Waals surface area contributed by atoms with Crippen LogP contribution in [0.5, 0.6) is 5.88 Å². The Morgan fingerprint density at radius 2 is 1.82 bits per heavy atom. The van der Waals surface area contributed by atoms with Crippen molar-refractivity contribution in [1.29, 1.82) is 0 Å². The van der Waals surface area contributed by atoms with E-state index in [4.69, 9.17) is 4.74 Å². The van der Waals surface area contributed by atoms with Gasteiger partial charge in [0.1, 0.15) is 12.1 Å². The van der Waals surface area contributed by atoms with Gasteiger partial charge in [0.05, 0.1) is 5.39 Å². The highest BCUT2D eigenvalue weighted by molar-refractivity contribution is 5.82. The molecule has 0 saturated carbocycles. The summed E-state index contributed by atoms with van der Waals surface area (Å²) in [6, 6.07) is 19.6. The van der Waals surface area contributed by atoms with E-state index in [-0.39, 0.29) is 5.56 Å². The van der Waals surface area contributed by atoms with Gasteiger partial charge in [-0.3, -0.25) is 9.78 Å². The van der Waals surface area contributed by atoms with Crippen molar-refractivity contribution in [2.45, 2.75) is 32.9 Å². The van der Waals surface area contributed by atoms with Crippen LogP contribution in [0.3, 0.4) is 0 Å². The molecule has 5 aromatic rings. The van der Waals surface area contributed by atoms with Gasteiger partial charge in [-0.05, 0) is 40.5 Å². The third-order valence-electron chi connectivity index (χ3n) is 5.56. The van der Waals surface area contributed by atoms with Gasteiger partial charge in [-0.1, -0.05) is 61.9 Å². The SMILES string of the molecule is CCCCn1nc(OCc2ccc(-c3ccccc3-c3nn[nH]n3)cc2)c2cccnc2c1=O. The van der Waals surface area contributed by atoms with E-state index in [1.54, 1.807) is 12.3 Å². The highest BCUT2D eigenvalue weighted by Gasteiger charge is 2.13. The highest BCUT2D eigenvalue weighted by atomic mass is 16.5. The lowest BCUT2D eigenvalue weighted by atomic mass is 9.98. The summed E-state index contributed by atoms with van der Waals surface area (Å²) in [6.07, 6.45) is 3.44. The summed E-state index contributed by atoms with van der Waals surface area (Å²) in [5.74, 6) is 0.957. The first-order valence-electron chi connectivity index (χ1n) is 11.2. The summed E-state index contributed by atoms with van der Waals surface area (Å²) in [6.45, 7) is 2.93. The number of aryl methyl sites for hydroxylation is 1. The first-order valence-corrected chi connectivity index (χ1v) is 11.2. The number of aromatic nitrogens is 7. The van der Waals surface area contributed by atoms with Crippen molar-refractivity contribution >= 4 is 10.9 Å². The first kappa shape index (κ1) is 21.4. The largest absolute Gasteiger partial charge is 0.471 e. The lowest BCUT2D eigenvalue weighted by Crippen LogP contribution is -2.24. The van der Waals surface area contributed by atoms with Gasteiger partial charge in [0.2, 0.25) is 11.7 Å². The summed E-state index contributed by atoms with van der Waals surface area (Å²) in [4.78, 5) is 17.0. The van der Waals surface area contributed by atoms with E-state index in [2.05, 4.69) is 37.6 Å². The number of fused-ring (bicyclic) bond motifs is 1. The second kappa shape index (κ2) is 9.62. The van der Waals surface area contributed by atoms with Crippen LogP contribution in [-0.2, 0) is 13.2 Å². The van der Waals surface area contributed by atoms with Crippen molar-refractivity contribution in [2.24, 2.45) is 0 Å². The van der Waals surface area contributed by atoms with Gasteiger partial charge in [-0.2, -0.15) is 5.21 Å². The minimum Gasteiger partial charge on any atom is -0.471 e. The molecule has 1 N–H and O–H groups in total. The molecule has 5 rings (SSSR count). The van der Waals surface area contributed by atoms with Gasteiger partial charge in [0.25, 0.3) is 5.56 Å². The lowest BCUT2D eigenvalue weighted by Gasteiger charge is -2.12. The van der Waals surface area contributed by atoms with Crippen LogP contribution in [0.2, 0.25) is 0 Å². The second-order valence-electron chi connectivity index (χ2n) is 7.85. The molecule has 0 aliphatic rings. The second-order valence-corrected chi connectivity index (χ2v) is 7.85. The molecule has 0 aliphatic heterocycles. The number of nitrogens with zero attached hydrogens (tertiary/aromatic N) is 6. The average Bonchev–Trinajstić information content (AvgIpc) is 3.43. The lowest BCUT2D eigenvalue weighted by molar-refractivity contribution is 0.287. The number of hydrogen-bond acceptors (Lipinski definition) is 7. The van der Waals surface area contributed by atoms with Crippen molar-refractivity contribution < 1.29 is 4.74 Å². The van der Waals surface area contributed by atoms with Gasteiger partial charge < -0.3 is 4.74 Å². The molecule has 3 heterocycles. The fourth-order valence-corrected chi connectivity index (χ4v) is 3.78. The number of nitrogens with one attached hydrogen (secondary N) is 1. The number of aromatic amines is 1. The van der Waals surface area contributed by atoms with E-state index in [1.807, 2.05) is 54.6 Å². The molecule has 0 saturated heterocycles. The Bertz CT molecular complexity index is 1460. The van der Waals surface area contributed by atoms with E-state index in [9.17, 15) is 4.79 Å². The van der Waals surface area contributed by atoms with E-state index in [1.165, 1.54) is 4.68 Å². The zero-order chi connectivity index (χ0) is 23.3. The molecule has 9 heteroatoms. The predicted molar refractivity (Wildman–Crippen MR) is 128 cm³/mol. The van der Waals surface area contributed by atoms with Crippen LogP contribution in [0.15, 0.2) is 71.7 Å². The zero-order valence-corrected chi connectivity index (χ0v) is 18.7. The van der Waals surface area contributed by atoms with E-state index in [0.29, 0.717) is 35.8 Å². The van der Waals surface area contributed by atoms with Crippen LogP contribution in [0, 0.1) is 0 Å². The summed E-state index contributed by atoms with van der Waals surface area (Å²) in [5.41, 5.74) is 4.10. The minimum atomic E-state index is -0.193. The van der Waals surface area contributed by atoms with Crippen LogP contribution < -0.4 is 10.3 Å². The number of ether oxygens (including phenoxy) is 1. The van der Waals surface area contributed by atoms with Gasteiger partial charge in [-0.25, -0.2) is 4.68 Å². The number of unbranched alkanes of at least 4 members (excludes halogenated alkanes) is 1. The molecule has 34 heavy (non-hydrogen) atoms. The Kier molecular flexibility index (Phi) is 6.07. The van der Waals surface area contributed by atoms with Crippen LogP contribution in [-0.4, -0.2) is 35.4 Å². The fourth-order valence-electron chi connectivity index (χ4n) is 3.78. The number of pyridine rings is 1. The molecule has 3 aromatic heterocycles. The van der Waals surface area contributed by atoms with Crippen molar-refractivity contribution in [3.05, 3.63) is 82.8 Å². The van der Waals surface area contributed by atoms with E-state index >= 15 is 0 Å². The quantitative estimate of drug-likeness (QED) is 0.378. The summed E-state index contributed by atoms with van der Waals surface area (Å²) < 4.78 is 7.52.